The Bertz CT molecular complexity index is 404. The Labute approximate surface area is 109 Å². The van der Waals surface area contributed by atoms with E-state index in [1.165, 1.54) is 0 Å². The standard InChI is InChI=1S/C11H18BrN3O2/c1-4-5-13-9(11(16)17)6-15-8(3)10(12)7(2)14-15/h9,13H,4-6H2,1-3H3,(H,16,17). The predicted octanol–water partition coefficient (Wildman–Crippen LogP) is 1.72. The van der Waals surface area contributed by atoms with Gasteiger partial charge in [0.05, 0.1) is 16.7 Å². The normalized spacial score (nSPS) is 12.7. The first-order valence-corrected chi connectivity index (χ1v) is 6.42. The lowest BCUT2D eigenvalue weighted by molar-refractivity contribution is -0.139. The van der Waals surface area contributed by atoms with Crippen LogP contribution >= 0.6 is 15.9 Å². The third-order valence-electron chi connectivity index (χ3n) is 2.59. The van der Waals surface area contributed by atoms with Gasteiger partial charge in [0.15, 0.2) is 0 Å². The minimum Gasteiger partial charge on any atom is -0.480 e. The lowest BCUT2D eigenvalue weighted by Gasteiger charge is -2.14. The van der Waals surface area contributed by atoms with Crippen molar-refractivity contribution in [2.24, 2.45) is 0 Å². The minimum absolute atomic E-state index is 0.341. The fourth-order valence-corrected chi connectivity index (χ4v) is 1.86. The molecule has 6 heteroatoms. The van der Waals surface area contributed by atoms with Gasteiger partial charge in [0.25, 0.3) is 0 Å². The van der Waals surface area contributed by atoms with E-state index in [2.05, 4.69) is 26.3 Å². The highest BCUT2D eigenvalue weighted by Gasteiger charge is 2.19. The van der Waals surface area contributed by atoms with Gasteiger partial charge >= 0.3 is 5.97 Å². The Hall–Kier alpha value is -0.880. The number of hydrogen-bond acceptors (Lipinski definition) is 3. The van der Waals surface area contributed by atoms with Crippen molar-refractivity contribution < 1.29 is 9.90 Å². The number of aryl methyl sites for hydroxylation is 1. The van der Waals surface area contributed by atoms with E-state index >= 15 is 0 Å². The molecule has 5 nitrogen and oxygen atoms in total. The van der Waals surface area contributed by atoms with Gasteiger partial charge in [-0.2, -0.15) is 5.10 Å². The Morgan fingerprint density at radius 3 is 2.65 bits per heavy atom. The Morgan fingerprint density at radius 1 is 1.59 bits per heavy atom. The van der Waals surface area contributed by atoms with Crippen LogP contribution in [0.4, 0.5) is 0 Å². The minimum atomic E-state index is -0.845. The molecule has 1 rings (SSSR count). The van der Waals surface area contributed by atoms with Gasteiger partial charge in [0, 0.05) is 5.69 Å². The summed E-state index contributed by atoms with van der Waals surface area (Å²) in [5.74, 6) is -0.845. The Balaban J connectivity index is 2.78. The highest BCUT2D eigenvalue weighted by atomic mass is 79.9. The summed E-state index contributed by atoms with van der Waals surface area (Å²) < 4.78 is 2.66. The number of carboxylic acid groups (broad SMARTS) is 1. The molecule has 0 fully saturated rings. The second-order valence-electron chi connectivity index (χ2n) is 4.01. The smallest absolute Gasteiger partial charge is 0.322 e. The highest BCUT2D eigenvalue weighted by Crippen LogP contribution is 2.19. The number of aliphatic carboxylic acids is 1. The molecule has 0 saturated heterocycles. The molecule has 17 heavy (non-hydrogen) atoms. The fourth-order valence-electron chi connectivity index (χ4n) is 1.57. The maximum atomic E-state index is 11.1. The molecule has 0 radical (unpaired) electrons. The molecule has 0 aliphatic heterocycles. The summed E-state index contributed by atoms with van der Waals surface area (Å²) in [4.78, 5) is 11.1. The number of carboxylic acids is 1. The van der Waals surface area contributed by atoms with Crippen molar-refractivity contribution in [3.05, 3.63) is 15.9 Å². The molecule has 1 unspecified atom stereocenters. The quantitative estimate of drug-likeness (QED) is 0.840. The molecule has 0 aromatic carbocycles. The number of nitrogens with zero attached hydrogens (tertiary/aromatic N) is 2. The average molecular weight is 304 g/mol. The van der Waals surface area contributed by atoms with Crippen LogP contribution in [0.25, 0.3) is 0 Å². The van der Waals surface area contributed by atoms with E-state index in [0.29, 0.717) is 13.1 Å². The SMILES string of the molecule is CCCNC(Cn1nc(C)c(Br)c1C)C(=O)O. The molecule has 1 aromatic heterocycles. The molecule has 0 aliphatic carbocycles. The zero-order valence-corrected chi connectivity index (χ0v) is 11.9. The van der Waals surface area contributed by atoms with Gasteiger partial charge in [-0.1, -0.05) is 6.92 Å². The third kappa shape index (κ3) is 3.54. The topological polar surface area (TPSA) is 67.2 Å². The first kappa shape index (κ1) is 14.2. The fraction of sp³-hybridized carbons (Fsp3) is 0.636. The molecular weight excluding hydrogens is 286 g/mol. The van der Waals surface area contributed by atoms with Crippen LogP contribution in [0.2, 0.25) is 0 Å². The van der Waals surface area contributed by atoms with Gasteiger partial charge in [-0.3, -0.25) is 9.48 Å². The summed E-state index contributed by atoms with van der Waals surface area (Å²) >= 11 is 3.43. The molecule has 0 saturated carbocycles. The molecule has 2 N–H and O–H groups in total. The van der Waals surface area contributed by atoms with Crippen LogP contribution in [-0.4, -0.2) is 33.4 Å². The number of aromatic nitrogens is 2. The molecule has 0 bridgehead atoms. The van der Waals surface area contributed by atoms with Crippen molar-refractivity contribution in [3.8, 4) is 0 Å². The van der Waals surface area contributed by atoms with E-state index in [1.807, 2.05) is 20.8 Å². The summed E-state index contributed by atoms with van der Waals surface area (Å²) in [7, 11) is 0. The van der Waals surface area contributed by atoms with Gasteiger partial charge in [-0.25, -0.2) is 0 Å². The second-order valence-corrected chi connectivity index (χ2v) is 4.80. The molecule has 0 aliphatic rings. The summed E-state index contributed by atoms with van der Waals surface area (Å²) in [6, 6.07) is -0.597. The van der Waals surface area contributed by atoms with Crippen molar-refractivity contribution in [3.63, 3.8) is 0 Å². The van der Waals surface area contributed by atoms with Crippen LogP contribution in [0, 0.1) is 13.8 Å². The van der Waals surface area contributed by atoms with Crippen LogP contribution in [0.1, 0.15) is 24.7 Å². The van der Waals surface area contributed by atoms with Gasteiger partial charge < -0.3 is 10.4 Å². The number of hydrogen-bond donors (Lipinski definition) is 2. The van der Waals surface area contributed by atoms with Crippen LogP contribution < -0.4 is 5.32 Å². The Kier molecular flexibility index (Phi) is 5.14. The third-order valence-corrected chi connectivity index (χ3v) is 3.74. The first-order valence-electron chi connectivity index (χ1n) is 5.63. The number of halogens is 1. The molecule has 0 spiro atoms. The van der Waals surface area contributed by atoms with Gasteiger partial charge in [0.1, 0.15) is 6.04 Å². The van der Waals surface area contributed by atoms with E-state index in [9.17, 15) is 4.79 Å². The molecule has 1 aromatic rings. The molecular formula is C11H18BrN3O2. The highest BCUT2D eigenvalue weighted by molar-refractivity contribution is 9.10. The largest absolute Gasteiger partial charge is 0.480 e. The van der Waals surface area contributed by atoms with Crippen LogP contribution in [0.5, 0.6) is 0 Å². The zero-order chi connectivity index (χ0) is 13.0. The van der Waals surface area contributed by atoms with Gasteiger partial charge in [0.2, 0.25) is 0 Å². The van der Waals surface area contributed by atoms with Crippen molar-refractivity contribution in [1.29, 1.82) is 0 Å². The van der Waals surface area contributed by atoms with E-state index in [1.54, 1.807) is 4.68 Å². The van der Waals surface area contributed by atoms with E-state index in [4.69, 9.17) is 5.11 Å². The van der Waals surface area contributed by atoms with Gasteiger partial charge in [-0.15, -0.1) is 0 Å². The summed E-state index contributed by atoms with van der Waals surface area (Å²) in [5, 5.41) is 16.4. The molecule has 1 atom stereocenters. The molecule has 96 valence electrons. The summed E-state index contributed by atoms with van der Waals surface area (Å²) in [5.41, 5.74) is 1.83. The number of carbonyl (C=O) groups is 1. The van der Waals surface area contributed by atoms with Crippen LogP contribution in [0.3, 0.4) is 0 Å². The number of rotatable bonds is 6. The van der Waals surface area contributed by atoms with Crippen LogP contribution in [-0.2, 0) is 11.3 Å². The van der Waals surface area contributed by atoms with Gasteiger partial charge in [-0.05, 0) is 42.7 Å². The van der Waals surface area contributed by atoms with Crippen molar-refractivity contribution >= 4 is 21.9 Å². The van der Waals surface area contributed by atoms with E-state index in [0.717, 1.165) is 22.3 Å². The lowest BCUT2D eigenvalue weighted by atomic mass is 10.3. The maximum Gasteiger partial charge on any atom is 0.322 e. The monoisotopic (exact) mass is 303 g/mol. The predicted molar refractivity (Wildman–Crippen MR) is 69.1 cm³/mol. The number of nitrogens with one attached hydrogen (secondary N) is 1. The molecule has 0 amide bonds. The van der Waals surface area contributed by atoms with Crippen molar-refractivity contribution in [2.45, 2.75) is 39.8 Å². The summed E-state index contributed by atoms with van der Waals surface area (Å²) in [6.45, 7) is 6.85. The van der Waals surface area contributed by atoms with Crippen molar-refractivity contribution in [2.75, 3.05) is 6.54 Å². The maximum absolute atomic E-state index is 11.1. The van der Waals surface area contributed by atoms with E-state index in [-0.39, 0.29) is 0 Å². The summed E-state index contributed by atoms with van der Waals surface area (Å²) in [6.07, 6.45) is 0.907. The second kappa shape index (κ2) is 6.16. The molecule has 1 heterocycles. The van der Waals surface area contributed by atoms with E-state index < -0.39 is 12.0 Å². The zero-order valence-electron chi connectivity index (χ0n) is 10.3. The van der Waals surface area contributed by atoms with Crippen molar-refractivity contribution in [1.82, 2.24) is 15.1 Å². The average Bonchev–Trinajstić information content (AvgIpc) is 2.51. The van der Waals surface area contributed by atoms with Crippen LogP contribution in [0.15, 0.2) is 4.47 Å². The Morgan fingerprint density at radius 2 is 2.24 bits per heavy atom. The first-order chi connectivity index (χ1) is 7.97. The lowest BCUT2D eigenvalue weighted by Crippen LogP contribution is -2.41.